The number of rotatable bonds is 3. The van der Waals surface area contributed by atoms with Crippen LogP contribution in [0.3, 0.4) is 0 Å². The zero-order valence-electron chi connectivity index (χ0n) is 7.48. The Morgan fingerprint density at radius 1 is 1.50 bits per heavy atom. The van der Waals surface area contributed by atoms with Crippen LogP contribution >= 0.6 is 12.4 Å². The Morgan fingerprint density at radius 3 is 2.17 bits per heavy atom. The van der Waals surface area contributed by atoms with Gasteiger partial charge in [0.25, 0.3) is 0 Å². The first-order valence-corrected chi connectivity index (χ1v) is 3.52. The van der Waals surface area contributed by atoms with E-state index in [2.05, 4.69) is 4.74 Å². The number of aliphatic hydroxyl groups excluding tert-OH is 1. The van der Waals surface area contributed by atoms with Crippen LogP contribution in [-0.4, -0.2) is 30.3 Å². The fourth-order valence-electron chi connectivity index (χ4n) is 0.781. The van der Waals surface area contributed by atoms with Gasteiger partial charge in [0.05, 0.1) is 19.1 Å². The zero-order valence-corrected chi connectivity index (χ0v) is 8.30. The molecule has 0 aliphatic rings. The number of nitrogens with two attached hydrogens (primary N) is 1. The molecule has 3 atom stereocenters. The summed E-state index contributed by atoms with van der Waals surface area (Å²) in [5, 5.41) is 9.27. The van der Waals surface area contributed by atoms with E-state index in [-0.39, 0.29) is 12.4 Å². The van der Waals surface area contributed by atoms with Crippen LogP contribution in [0.1, 0.15) is 13.8 Å². The van der Waals surface area contributed by atoms with E-state index in [1.807, 2.05) is 0 Å². The van der Waals surface area contributed by atoms with E-state index in [1.54, 1.807) is 13.8 Å². The maximum Gasteiger partial charge on any atom is 0.311 e. The number of carbonyl (C=O) groups is 1. The van der Waals surface area contributed by atoms with Crippen LogP contribution in [0.25, 0.3) is 0 Å². The number of carbonyl (C=O) groups excluding carboxylic acids is 1. The van der Waals surface area contributed by atoms with E-state index in [9.17, 15) is 9.90 Å². The van der Waals surface area contributed by atoms with Crippen molar-refractivity contribution in [1.29, 1.82) is 0 Å². The maximum absolute atomic E-state index is 10.8. The monoisotopic (exact) mass is 197 g/mol. The number of ether oxygens (including phenoxy) is 1. The highest BCUT2D eigenvalue weighted by Gasteiger charge is 2.25. The van der Waals surface area contributed by atoms with Crippen molar-refractivity contribution >= 4 is 18.4 Å². The molecule has 0 rings (SSSR count). The van der Waals surface area contributed by atoms with Crippen LogP contribution in [0, 0.1) is 5.92 Å². The minimum Gasteiger partial charge on any atom is -0.469 e. The van der Waals surface area contributed by atoms with Crippen molar-refractivity contribution in [2.45, 2.75) is 26.0 Å². The first-order valence-electron chi connectivity index (χ1n) is 3.52. The van der Waals surface area contributed by atoms with Gasteiger partial charge in [-0.1, -0.05) is 0 Å². The number of hydrogen-bond acceptors (Lipinski definition) is 4. The van der Waals surface area contributed by atoms with Crippen molar-refractivity contribution in [2.24, 2.45) is 11.7 Å². The van der Waals surface area contributed by atoms with Gasteiger partial charge in [0, 0.05) is 6.04 Å². The molecule has 0 unspecified atom stereocenters. The van der Waals surface area contributed by atoms with Gasteiger partial charge in [-0.3, -0.25) is 4.79 Å². The SMILES string of the molecule is COC(=O)[C@H](C)[C@H](O)[C@@H](C)N.Cl. The average molecular weight is 198 g/mol. The third-order valence-electron chi connectivity index (χ3n) is 1.62. The van der Waals surface area contributed by atoms with Crippen molar-refractivity contribution in [3.63, 3.8) is 0 Å². The zero-order chi connectivity index (χ0) is 9.02. The summed E-state index contributed by atoms with van der Waals surface area (Å²) in [7, 11) is 1.28. The fraction of sp³-hybridized carbons (Fsp3) is 0.857. The van der Waals surface area contributed by atoms with Crippen LogP contribution in [0.2, 0.25) is 0 Å². The van der Waals surface area contributed by atoms with Crippen LogP contribution < -0.4 is 5.73 Å². The molecule has 0 amide bonds. The van der Waals surface area contributed by atoms with Gasteiger partial charge in [-0.2, -0.15) is 0 Å². The van der Waals surface area contributed by atoms with E-state index >= 15 is 0 Å². The van der Waals surface area contributed by atoms with Crippen LogP contribution in [0.15, 0.2) is 0 Å². The van der Waals surface area contributed by atoms with Gasteiger partial charge in [0.1, 0.15) is 0 Å². The number of methoxy groups -OCH3 is 1. The number of esters is 1. The lowest BCUT2D eigenvalue weighted by Gasteiger charge is -2.19. The van der Waals surface area contributed by atoms with Gasteiger partial charge in [-0.15, -0.1) is 12.4 Å². The molecule has 0 radical (unpaired) electrons. The molecule has 4 nitrogen and oxygen atoms in total. The molecule has 5 heteroatoms. The maximum atomic E-state index is 10.8. The molecule has 0 aromatic heterocycles. The van der Waals surface area contributed by atoms with Gasteiger partial charge in [-0.25, -0.2) is 0 Å². The fourth-order valence-corrected chi connectivity index (χ4v) is 0.781. The lowest BCUT2D eigenvalue weighted by atomic mass is 10.00. The Morgan fingerprint density at radius 2 is 1.92 bits per heavy atom. The third kappa shape index (κ3) is 3.90. The minimum atomic E-state index is -0.831. The molecular weight excluding hydrogens is 182 g/mol. The van der Waals surface area contributed by atoms with Gasteiger partial charge in [-0.05, 0) is 13.8 Å². The molecule has 0 aromatic rings. The van der Waals surface area contributed by atoms with Gasteiger partial charge < -0.3 is 15.6 Å². The summed E-state index contributed by atoms with van der Waals surface area (Å²) < 4.78 is 4.43. The molecular formula is C7H16ClNO3. The van der Waals surface area contributed by atoms with Crippen LogP contribution in [0.5, 0.6) is 0 Å². The minimum absolute atomic E-state index is 0. The Labute approximate surface area is 78.5 Å². The van der Waals surface area contributed by atoms with Crippen molar-refractivity contribution in [1.82, 2.24) is 0 Å². The van der Waals surface area contributed by atoms with Crippen molar-refractivity contribution in [3.8, 4) is 0 Å². The molecule has 0 aromatic carbocycles. The van der Waals surface area contributed by atoms with E-state index < -0.39 is 24.0 Å². The second-order valence-corrected chi connectivity index (χ2v) is 2.66. The average Bonchev–Trinajstić information content (AvgIpc) is 2.00. The van der Waals surface area contributed by atoms with E-state index in [1.165, 1.54) is 7.11 Å². The molecule has 0 fully saturated rings. The molecule has 0 bridgehead atoms. The summed E-state index contributed by atoms with van der Waals surface area (Å²) in [5.41, 5.74) is 5.37. The molecule has 0 saturated carbocycles. The second kappa shape index (κ2) is 6.22. The summed E-state index contributed by atoms with van der Waals surface area (Å²) in [6.45, 7) is 3.23. The molecule has 0 aliphatic carbocycles. The quantitative estimate of drug-likeness (QED) is 0.621. The molecule has 3 N–H and O–H groups in total. The Balaban J connectivity index is 0. The van der Waals surface area contributed by atoms with Crippen LogP contribution in [0.4, 0.5) is 0 Å². The Kier molecular flexibility index (Phi) is 7.37. The molecule has 0 heterocycles. The van der Waals surface area contributed by atoms with Crippen molar-refractivity contribution < 1.29 is 14.6 Å². The van der Waals surface area contributed by atoms with Gasteiger partial charge in [0.15, 0.2) is 0 Å². The summed E-state index contributed by atoms with van der Waals surface area (Å²) in [4.78, 5) is 10.8. The second-order valence-electron chi connectivity index (χ2n) is 2.66. The highest BCUT2D eigenvalue weighted by atomic mass is 35.5. The molecule has 0 saturated heterocycles. The van der Waals surface area contributed by atoms with Crippen molar-refractivity contribution in [2.75, 3.05) is 7.11 Å². The molecule has 12 heavy (non-hydrogen) atoms. The van der Waals surface area contributed by atoms with Crippen LogP contribution in [-0.2, 0) is 9.53 Å². The molecule has 0 spiro atoms. The molecule has 0 aliphatic heterocycles. The summed E-state index contributed by atoms with van der Waals surface area (Å²) in [5.74, 6) is -0.991. The standard InChI is InChI=1S/C7H15NO3.ClH/c1-4(7(10)11-3)6(9)5(2)8;/h4-6,9H,8H2,1-3H3;1H/t4-,5-,6+;/m1./s1. The van der Waals surface area contributed by atoms with Gasteiger partial charge >= 0.3 is 5.97 Å². The topological polar surface area (TPSA) is 72.5 Å². The van der Waals surface area contributed by atoms with E-state index in [0.717, 1.165) is 0 Å². The first kappa shape index (κ1) is 14.2. The number of aliphatic hydroxyl groups is 1. The van der Waals surface area contributed by atoms with E-state index in [4.69, 9.17) is 5.73 Å². The highest BCUT2D eigenvalue weighted by molar-refractivity contribution is 5.85. The predicted molar refractivity (Wildman–Crippen MR) is 48.1 cm³/mol. The Hall–Kier alpha value is -0.320. The van der Waals surface area contributed by atoms with Crippen molar-refractivity contribution in [3.05, 3.63) is 0 Å². The van der Waals surface area contributed by atoms with E-state index in [0.29, 0.717) is 0 Å². The smallest absolute Gasteiger partial charge is 0.311 e. The lowest BCUT2D eigenvalue weighted by molar-refractivity contribution is -0.148. The lowest BCUT2D eigenvalue weighted by Crippen LogP contribution is -2.40. The Bertz CT molecular complexity index is 141. The summed E-state index contributed by atoms with van der Waals surface area (Å²) in [6.07, 6.45) is -0.831. The number of hydrogen-bond donors (Lipinski definition) is 2. The summed E-state index contributed by atoms with van der Waals surface area (Å²) in [6, 6.07) is -0.413. The first-order chi connectivity index (χ1) is 5.00. The normalized spacial score (nSPS) is 17.1. The number of halogens is 1. The van der Waals surface area contributed by atoms with Gasteiger partial charge in [0.2, 0.25) is 0 Å². The predicted octanol–water partition coefficient (Wildman–Crippen LogP) is -0.0746. The largest absolute Gasteiger partial charge is 0.469 e. The highest BCUT2D eigenvalue weighted by Crippen LogP contribution is 2.07. The molecule has 74 valence electrons. The summed E-state index contributed by atoms with van der Waals surface area (Å²) >= 11 is 0. The third-order valence-corrected chi connectivity index (χ3v) is 1.62.